The summed E-state index contributed by atoms with van der Waals surface area (Å²) in [6.07, 6.45) is 1.45. The molecule has 5 heteroatoms. The van der Waals surface area contributed by atoms with Crippen LogP contribution in [0.1, 0.15) is 30.3 Å². The molecule has 1 aliphatic rings. The third-order valence-electron chi connectivity index (χ3n) is 4.38. The number of carbonyl (C=O) groups excluding carboxylic acids is 1. The first-order valence-electron chi connectivity index (χ1n) is 7.88. The number of carbonyl (C=O) groups is 1. The summed E-state index contributed by atoms with van der Waals surface area (Å²) in [4.78, 5) is 14.4. The lowest BCUT2D eigenvalue weighted by Gasteiger charge is -2.33. The number of furan rings is 1. The number of benzene rings is 1. The Morgan fingerprint density at radius 2 is 2.13 bits per heavy atom. The number of likely N-dealkylation sites (tertiary alicyclic amines) is 1. The van der Waals surface area contributed by atoms with E-state index >= 15 is 0 Å². The van der Waals surface area contributed by atoms with Gasteiger partial charge in [-0.1, -0.05) is 23.7 Å². The average Bonchev–Trinajstić information content (AvgIpc) is 3.04. The predicted octanol–water partition coefficient (Wildman–Crippen LogP) is 3.83. The van der Waals surface area contributed by atoms with Crippen LogP contribution in [0.2, 0.25) is 5.02 Å². The molecule has 0 bridgehead atoms. The van der Waals surface area contributed by atoms with E-state index in [-0.39, 0.29) is 11.8 Å². The van der Waals surface area contributed by atoms with E-state index < -0.39 is 6.10 Å². The molecule has 1 saturated heterocycles. The fourth-order valence-electron chi connectivity index (χ4n) is 3.00. The number of hydrogen-bond donors (Lipinski definition) is 1. The van der Waals surface area contributed by atoms with Crippen LogP contribution >= 0.6 is 11.6 Å². The number of nitrogens with zero attached hydrogens (tertiary/aromatic N) is 1. The summed E-state index contributed by atoms with van der Waals surface area (Å²) in [5.74, 6) is 0.897. The van der Waals surface area contributed by atoms with Crippen molar-refractivity contribution in [2.75, 3.05) is 13.1 Å². The Morgan fingerprint density at radius 3 is 2.87 bits per heavy atom. The van der Waals surface area contributed by atoms with Gasteiger partial charge in [0, 0.05) is 24.6 Å². The largest absolute Gasteiger partial charge is 0.451 e. The zero-order valence-corrected chi connectivity index (χ0v) is 13.8. The summed E-state index contributed by atoms with van der Waals surface area (Å²) in [7, 11) is 0. The second-order valence-electron chi connectivity index (χ2n) is 6.04. The summed E-state index contributed by atoms with van der Waals surface area (Å²) in [5.41, 5.74) is 0.772. The Hall–Kier alpha value is -1.78. The molecule has 1 aliphatic heterocycles. The molecule has 3 rings (SSSR count). The predicted molar refractivity (Wildman–Crippen MR) is 89.5 cm³/mol. The Balaban J connectivity index is 1.78. The molecule has 1 N–H and O–H groups in total. The van der Waals surface area contributed by atoms with Crippen LogP contribution in [-0.2, 0) is 0 Å². The molecule has 1 aromatic heterocycles. The molecule has 1 fully saturated rings. The number of aliphatic hydroxyl groups excluding tert-OH is 1. The van der Waals surface area contributed by atoms with Crippen LogP contribution in [0.25, 0.3) is 11.3 Å². The zero-order valence-electron chi connectivity index (χ0n) is 13.0. The van der Waals surface area contributed by atoms with Crippen LogP contribution in [0.5, 0.6) is 0 Å². The third-order valence-corrected chi connectivity index (χ3v) is 4.71. The number of piperidine rings is 1. The first kappa shape index (κ1) is 16.1. The molecule has 4 nitrogen and oxygen atoms in total. The average molecular weight is 334 g/mol. The monoisotopic (exact) mass is 333 g/mol. The van der Waals surface area contributed by atoms with Gasteiger partial charge in [0.25, 0.3) is 5.91 Å². The molecule has 2 unspecified atom stereocenters. The van der Waals surface area contributed by atoms with Crippen LogP contribution in [-0.4, -0.2) is 35.1 Å². The van der Waals surface area contributed by atoms with E-state index in [9.17, 15) is 9.90 Å². The van der Waals surface area contributed by atoms with E-state index in [2.05, 4.69) is 0 Å². The van der Waals surface area contributed by atoms with Gasteiger partial charge in [-0.25, -0.2) is 0 Å². The smallest absolute Gasteiger partial charge is 0.289 e. The molecule has 1 aromatic carbocycles. The molecular formula is C18H20ClNO3. The maximum Gasteiger partial charge on any atom is 0.289 e. The lowest BCUT2D eigenvalue weighted by Crippen LogP contribution is -2.42. The van der Waals surface area contributed by atoms with E-state index in [1.54, 1.807) is 30.0 Å². The molecule has 1 amide bonds. The van der Waals surface area contributed by atoms with E-state index in [4.69, 9.17) is 16.0 Å². The number of amides is 1. The van der Waals surface area contributed by atoms with Gasteiger partial charge in [-0.05, 0) is 44.0 Å². The maximum absolute atomic E-state index is 12.6. The summed E-state index contributed by atoms with van der Waals surface area (Å²) in [5, 5.41) is 10.3. The third kappa shape index (κ3) is 3.43. The minimum Gasteiger partial charge on any atom is -0.451 e. The molecule has 2 heterocycles. The van der Waals surface area contributed by atoms with E-state index in [0.717, 1.165) is 18.4 Å². The minimum atomic E-state index is -0.402. The zero-order chi connectivity index (χ0) is 16.4. The van der Waals surface area contributed by atoms with Gasteiger partial charge in [0.1, 0.15) is 5.76 Å². The van der Waals surface area contributed by atoms with Gasteiger partial charge < -0.3 is 14.4 Å². The standard InChI is InChI=1S/C18H20ClNO3/c1-12(21)13-5-4-10-20(11-13)18(22)17-9-8-16(23-17)14-6-2-3-7-15(14)19/h2-3,6-9,12-13,21H,4-5,10-11H2,1H3. The molecule has 23 heavy (non-hydrogen) atoms. The van der Waals surface area contributed by atoms with Crippen molar-refractivity contribution in [1.29, 1.82) is 0 Å². The molecule has 0 radical (unpaired) electrons. The lowest BCUT2D eigenvalue weighted by atomic mass is 9.93. The highest BCUT2D eigenvalue weighted by molar-refractivity contribution is 6.33. The molecular weight excluding hydrogens is 314 g/mol. The SMILES string of the molecule is CC(O)C1CCCN(C(=O)c2ccc(-c3ccccc3Cl)o2)C1. The van der Waals surface area contributed by atoms with Crippen molar-refractivity contribution in [2.45, 2.75) is 25.9 Å². The van der Waals surface area contributed by atoms with Crippen LogP contribution in [0, 0.1) is 5.92 Å². The van der Waals surface area contributed by atoms with Gasteiger partial charge in [-0.15, -0.1) is 0 Å². The van der Waals surface area contributed by atoms with Crippen molar-refractivity contribution >= 4 is 17.5 Å². The van der Waals surface area contributed by atoms with Crippen molar-refractivity contribution in [3.05, 3.63) is 47.2 Å². The highest BCUT2D eigenvalue weighted by Gasteiger charge is 2.28. The van der Waals surface area contributed by atoms with Gasteiger partial charge in [-0.2, -0.15) is 0 Å². The number of rotatable bonds is 3. The maximum atomic E-state index is 12.6. The quantitative estimate of drug-likeness (QED) is 0.928. The highest BCUT2D eigenvalue weighted by Crippen LogP contribution is 2.30. The number of aliphatic hydroxyl groups is 1. The molecule has 122 valence electrons. The van der Waals surface area contributed by atoms with E-state index in [1.807, 2.05) is 18.2 Å². The molecule has 0 spiro atoms. The van der Waals surface area contributed by atoms with Crippen LogP contribution in [0.15, 0.2) is 40.8 Å². The van der Waals surface area contributed by atoms with Gasteiger partial charge >= 0.3 is 0 Å². The Kier molecular flexibility index (Phi) is 4.74. The number of halogens is 1. The topological polar surface area (TPSA) is 53.7 Å². The normalized spacial score (nSPS) is 19.6. The minimum absolute atomic E-state index is 0.130. The Bertz CT molecular complexity index is 695. The van der Waals surface area contributed by atoms with Crippen molar-refractivity contribution < 1.29 is 14.3 Å². The fourth-order valence-corrected chi connectivity index (χ4v) is 3.23. The van der Waals surface area contributed by atoms with Gasteiger partial charge in [0.2, 0.25) is 0 Å². The molecule has 0 aliphatic carbocycles. The first-order valence-corrected chi connectivity index (χ1v) is 8.26. The molecule has 2 atom stereocenters. The van der Waals surface area contributed by atoms with Crippen molar-refractivity contribution in [2.24, 2.45) is 5.92 Å². The van der Waals surface area contributed by atoms with Crippen LogP contribution < -0.4 is 0 Å². The second-order valence-corrected chi connectivity index (χ2v) is 6.45. The van der Waals surface area contributed by atoms with E-state index in [0.29, 0.717) is 29.6 Å². The van der Waals surface area contributed by atoms with Crippen molar-refractivity contribution in [1.82, 2.24) is 4.90 Å². The van der Waals surface area contributed by atoms with Crippen LogP contribution in [0.3, 0.4) is 0 Å². The summed E-state index contributed by atoms with van der Waals surface area (Å²) in [6.45, 7) is 3.05. The summed E-state index contributed by atoms with van der Waals surface area (Å²) in [6, 6.07) is 10.8. The molecule has 0 saturated carbocycles. The van der Waals surface area contributed by atoms with Gasteiger partial charge in [-0.3, -0.25) is 4.79 Å². The Labute approximate surface area is 140 Å². The van der Waals surface area contributed by atoms with Gasteiger partial charge in [0.05, 0.1) is 11.1 Å². The summed E-state index contributed by atoms with van der Waals surface area (Å²) < 4.78 is 5.72. The lowest BCUT2D eigenvalue weighted by molar-refractivity contribution is 0.0443. The van der Waals surface area contributed by atoms with Crippen molar-refractivity contribution in [3.8, 4) is 11.3 Å². The highest BCUT2D eigenvalue weighted by atomic mass is 35.5. The number of hydrogen-bond acceptors (Lipinski definition) is 3. The van der Waals surface area contributed by atoms with E-state index in [1.165, 1.54) is 0 Å². The summed E-state index contributed by atoms with van der Waals surface area (Å²) >= 11 is 6.17. The first-order chi connectivity index (χ1) is 11.1. The Morgan fingerprint density at radius 1 is 1.35 bits per heavy atom. The van der Waals surface area contributed by atoms with Gasteiger partial charge in [0.15, 0.2) is 5.76 Å². The van der Waals surface area contributed by atoms with Crippen molar-refractivity contribution in [3.63, 3.8) is 0 Å². The molecule has 2 aromatic rings. The fraction of sp³-hybridized carbons (Fsp3) is 0.389. The second kappa shape index (κ2) is 6.77. The van der Waals surface area contributed by atoms with Crippen LogP contribution in [0.4, 0.5) is 0 Å².